The third kappa shape index (κ3) is 5.38. The second kappa shape index (κ2) is 8.45. The Morgan fingerprint density at radius 1 is 0.963 bits per heavy atom. The van der Waals surface area contributed by atoms with Crippen LogP contribution in [0, 0.1) is 12.8 Å². The first-order chi connectivity index (χ1) is 13.0. The van der Waals surface area contributed by atoms with E-state index in [9.17, 15) is 4.79 Å². The molecule has 0 unspecified atom stereocenters. The van der Waals surface area contributed by atoms with Gasteiger partial charge in [-0.25, -0.2) is 9.97 Å². The van der Waals surface area contributed by atoms with Gasteiger partial charge in [0.25, 0.3) is 0 Å². The lowest BCUT2D eigenvalue weighted by atomic mass is 10.1. The topological polar surface area (TPSA) is 66.9 Å². The Morgan fingerprint density at radius 2 is 1.70 bits per heavy atom. The van der Waals surface area contributed by atoms with Crippen molar-refractivity contribution < 1.29 is 4.79 Å². The van der Waals surface area contributed by atoms with E-state index in [1.807, 2.05) is 81.4 Å². The molecule has 5 nitrogen and oxygen atoms in total. The summed E-state index contributed by atoms with van der Waals surface area (Å²) in [6.45, 7) is 5.93. The maximum absolute atomic E-state index is 12.0. The summed E-state index contributed by atoms with van der Waals surface area (Å²) >= 11 is 0. The number of carbonyl (C=O) groups excluding carboxylic acids is 1. The summed E-state index contributed by atoms with van der Waals surface area (Å²) in [5, 5.41) is 6.24. The van der Waals surface area contributed by atoms with Crippen LogP contribution < -0.4 is 10.6 Å². The van der Waals surface area contributed by atoms with E-state index in [0.717, 1.165) is 22.6 Å². The molecule has 1 aromatic heterocycles. The molecule has 0 bridgehead atoms. The van der Waals surface area contributed by atoms with Gasteiger partial charge in [0.2, 0.25) is 5.91 Å². The van der Waals surface area contributed by atoms with E-state index in [4.69, 9.17) is 0 Å². The largest absolute Gasteiger partial charge is 0.340 e. The van der Waals surface area contributed by atoms with Gasteiger partial charge in [-0.15, -0.1) is 0 Å². The maximum atomic E-state index is 12.0. The van der Waals surface area contributed by atoms with E-state index in [0.29, 0.717) is 24.0 Å². The van der Waals surface area contributed by atoms with Gasteiger partial charge >= 0.3 is 0 Å². The fourth-order valence-corrected chi connectivity index (χ4v) is 2.79. The van der Waals surface area contributed by atoms with E-state index >= 15 is 0 Å². The Balaban J connectivity index is 1.78. The van der Waals surface area contributed by atoms with Crippen molar-refractivity contribution in [1.29, 1.82) is 0 Å². The number of anilines is 3. The molecule has 1 amide bonds. The molecule has 2 N–H and O–H groups in total. The van der Waals surface area contributed by atoms with Gasteiger partial charge in [0.15, 0.2) is 0 Å². The summed E-state index contributed by atoms with van der Waals surface area (Å²) in [5.74, 6) is 1.75. The number of nitrogens with one attached hydrogen (secondary N) is 2. The van der Waals surface area contributed by atoms with E-state index < -0.39 is 0 Å². The van der Waals surface area contributed by atoms with Crippen LogP contribution in [0.25, 0.3) is 11.3 Å². The molecule has 0 fully saturated rings. The summed E-state index contributed by atoms with van der Waals surface area (Å²) < 4.78 is 0. The Kier molecular flexibility index (Phi) is 5.81. The molecule has 0 radical (unpaired) electrons. The summed E-state index contributed by atoms with van der Waals surface area (Å²) in [6.07, 6.45) is 0.503. The van der Waals surface area contributed by atoms with E-state index in [1.165, 1.54) is 0 Å². The summed E-state index contributed by atoms with van der Waals surface area (Å²) in [7, 11) is 0. The van der Waals surface area contributed by atoms with Crippen LogP contribution in [0.3, 0.4) is 0 Å². The zero-order valence-electron chi connectivity index (χ0n) is 15.9. The normalized spacial score (nSPS) is 10.7. The first kappa shape index (κ1) is 18.6. The SMILES string of the molecule is Cc1nc(Nc2cccc(NC(=O)CC(C)C)c2)cc(-c2ccccc2)n1. The van der Waals surface area contributed by atoms with Crippen LogP contribution in [0.15, 0.2) is 60.7 Å². The predicted octanol–water partition coefficient (Wildman–Crippen LogP) is 5.18. The van der Waals surface area contributed by atoms with Crippen molar-refractivity contribution in [3.05, 3.63) is 66.5 Å². The van der Waals surface area contributed by atoms with Crippen molar-refractivity contribution in [1.82, 2.24) is 9.97 Å². The number of nitrogens with zero attached hydrogens (tertiary/aromatic N) is 2. The highest BCUT2D eigenvalue weighted by Crippen LogP contribution is 2.23. The molecule has 27 heavy (non-hydrogen) atoms. The second-order valence-corrected chi connectivity index (χ2v) is 6.90. The molecule has 5 heteroatoms. The highest BCUT2D eigenvalue weighted by Gasteiger charge is 2.07. The van der Waals surface area contributed by atoms with Crippen molar-refractivity contribution in [2.75, 3.05) is 10.6 Å². The summed E-state index contributed by atoms with van der Waals surface area (Å²) in [4.78, 5) is 21.0. The van der Waals surface area contributed by atoms with Crippen LogP contribution >= 0.6 is 0 Å². The molecule has 0 spiro atoms. The van der Waals surface area contributed by atoms with E-state index in [-0.39, 0.29) is 5.91 Å². The predicted molar refractivity (Wildman–Crippen MR) is 110 cm³/mol. The van der Waals surface area contributed by atoms with Crippen molar-refractivity contribution in [2.24, 2.45) is 5.92 Å². The molecule has 0 aliphatic rings. The lowest BCUT2D eigenvalue weighted by Gasteiger charge is -2.11. The van der Waals surface area contributed by atoms with Gasteiger partial charge in [-0.2, -0.15) is 0 Å². The van der Waals surface area contributed by atoms with Crippen molar-refractivity contribution >= 4 is 23.1 Å². The molecule has 0 atom stereocenters. The van der Waals surface area contributed by atoms with Gasteiger partial charge in [0, 0.05) is 29.4 Å². The molecule has 3 aromatic rings. The Labute approximate surface area is 159 Å². The first-order valence-electron chi connectivity index (χ1n) is 9.07. The number of benzene rings is 2. The fourth-order valence-electron chi connectivity index (χ4n) is 2.79. The third-order valence-corrected chi connectivity index (χ3v) is 3.92. The standard InChI is InChI=1S/C22H24N4O/c1-15(2)12-22(27)26-19-11-7-10-18(13-19)25-21-14-20(23-16(3)24-21)17-8-5-4-6-9-17/h4-11,13-15H,12H2,1-3H3,(H,26,27)(H,23,24,25). The minimum atomic E-state index is 0.0198. The molecule has 138 valence electrons. The van der Waals surface area contributed by atoms with Gasteiger partial charge in [-0.1, -0.05) is 50.2 Å². The number of hydrogen-bond donors (Lipinski definition) is 2. The number of hydrogen-bond acceptors (Lipinski definition) is 4. The van der Waals surface area contributed by atoms with Gasteiger partial charge in [-0.3, -0.25) is 4.79 Å². The zero-order chi connectivity index (χ0) is 19.2. The number of rotatable bonds is 6. The Hall–Kier alpha value is -3.21. The van der Waals surface area contributed by atoms with Gasteiger partial charge in [0.1, 0.15) is 11.6 Å². The number of aromatic nitrogens is 2. The van der Waals surface area contributed by atoms with Crippen LogP contribution in [0.2, 0.25) is 0 Å². The van der Waals surface area contributed by atoms with Crippen LogP contribution in [0.5, 0.6) is 0 Å². The van der Waals surface area contributed by atoms with Crippen LogP contribution in [0.1, 0.15) is 26.1 Å². The molecule has 0 aliphatic heterocycles. The molecule has 1 heterocycles. The molecule has 3 rings (SSSR count). The number of amides is 1. The number of aryl methyl sites for hydroxylation is 1. The monoisotopic (exact) mass is 360 g/mol. The Bertz CT molecular complexity index is 923. The van der Waals surface area contributed by atoms with Crippen molar-refractivity contribution in [2.45, 2.75) is 27.2 Å². The van der Waals surface area contributed by atoms with E-state index in [2.05, 4.69) is 20.6 Å². The highest BCUT2D eigenvalue weighted by atomic mass is 16.1. The Morgan fingerprint density at radius 3 is 2.44 bits per heavy atom. The van der Waals surface area contributed by atoms with Crippen LogP contribution in [-0.4, -0.2) is 15.9 Å². The smallest absolute Gasteiger partial charge is 0.224 e. The van der Waals surface area contributed by atoms with Gasteiger partial charge in [0.05, 0.1) is 5.69 Å². The van der Waals surface area contributed by atoms with Gasteiger partial charge in [-0.05, 0) is 31.0 Å². The minimum absolute atomic E-state index is 0.0198. The average molecular weight is 360 g/mol. The molecule has 0 aliphatic carbocycles. The summed E-state index contributed by atoms with van der Waals surface area (Å²) in [5.41, 5.74) is 3.53. The first-order valence-corrected chi connectivity index (χ1v) is 9.07. The van der Waals surface area contributed by atoms with Gasteiger partial charge < -0.3 is 10.6 Å². The second-order valence-electron chi connectivity index (χ2n) is 6.90. The molecule has 0 saturated carbocycles. The maximum Gasteiger partial charge on any atom is 0.224 e. The average Bonchev–Trinajstić information content (AvgIpc) is 2.61. The quantitative estimate of drug-likeness (QED) is 0.635. The molecular weight excluding hydrogens is 336 g/mol. The minimum Gasteiger partial charge on any atom is -0.340 e. The molecule has 2 aromatic carbocycles. The van der Waals surface area contributed by atoms with Crippen molar-refractivity contribution in [3.8, 4) is 11.3 Å². The lowest BCUT2D eigenvalue weighted by molar-refractivity contribution is -0.116. The molecule has 0 saturated heterocycles. The molecular formula is C22H24N4O. The highest BCUT2D eigenvalue weighted by molar-refractivity contribution is 5.91. The van der Waals surface area contributed by atoms with E-state index in [1.54, 1.807) is 0 Å². The lowest BCUT2D eigenvalue weighted by Crippen LogP contribution is -2.13. The van der Waals surface area contributed by atoms with Crippen LogP contribution in [0.4, 0.5) is 17.2 Å². The number of carbonyl (C=O) groups is 1. The van der Waals surface area contributed by atoms with Crippen molar-refractivity contribution in [3.63, 3.8) is 0 Å². The zero-order valence-corrected chi connectivity index (χ0v) is 15.9. The third-order valence-electron chi connectivity index (χ3n) is 3.92. The summed E-state index contributed by atoms with van der Waals surface area (Å²) in [6, 6.07) is 19.6. The van der Waals surface area contributed by atoms with Crippen LogP contribution in [-0.2, 0) is 4.79 Å². The fraction of sp³-hybridized carbons (Fsp3) is 0.227.